The second-order valence-corrected chi connectivity index (χ2v) is 6.36. The number of H-pyrrole nitrogens is 1. The summed E-state index contributed by atoms with van der Waals surface area (Å²) in [7, 11) is 0. The Labute approximate surface area is 147 Å². The van der Waals surface area contributed by atoms with Gasteiger partial charge in [-0.3, -0.25) is 14.4 Å². The maximum Gasteiger partial charge on any atom is 0.257 e. The number of aromatic nitrogens is 2. The van der Waals surface area contributed by atoms with Gasteiger partial charge in [-0.15, -0.1) is 11.3 Å². The minimum Gasteiger partial charge on any atom is -0.360 e. The zero-order chi connectivity index (χ0) is 17.8. The average molecular weight is 356 g/mol. The fourth-order valence-electron chi connectivity index (χ4n) is 2.31. The quantitative estimate of drug-likeness (QED) is 0.642. The van der Waals surface area contributed by atoms with Crippen molar-refractivity contribution in [1.82, 2.24) is 20.6 Å². The molecule has 3 aromatic rings. The summed E-state index contributed by atoms with van der Waals surface area (Å²) < 4.78 is 0. The third-order valence-corrected chi connectivity index (χ3v) is 4.51. The number of aryl methyl sites for hydroxylation is 1. The third kappa shape index (κ3) is 3.92. The van der Waals surface area contributed by atoms with Crippen molar-refractivity contribution < 1.29 is 9.59 Å². The highest BCUT2D eigenvalue weighted by Crippen LogP contribution is 2.08. The second-order valence-electron chi connectivity index (χ2n) is 5.42. The van der Waals surface area contributed by atoms with E-state index in [1.54, 1.807) is 24.3 Å². The van der Waals surface area contributed by atoms with E-state index in [0.29, 0.717) is 17.4 Å². The molecule has 0 aliphatic carbocycles. The van der Waals surface area contributed by atoms with Gasteiger partial charge in [0.1, 0.15) is 10.6 Å². The minimum atomic E-state index is -0.591. The lowest BCUT2D eigenvalue weighted by Crippen LogP contribution is -2.38. The number of carbonyl (C=O) groups is 2. The van der Waals surface area contributed by atoms with Crippen LogP contribution in [0.15, 0.2) is 40.6 Å². The van der Waals surface area contributed by atoms with Crippen molar-refractivity contribution in [2.24, 2.45) is 0 Å². The number of hydrogen-bond donors (Lipinski definition) is 3. The van der Waals surface area contributed by atoms with Crippen LogP contribution >= 0.6 is 11.3 Å². The lowest BCUT2D eigenvalue weighted by molar-refractivity contribution is -0.120. The molecule has 3 rings (SSSR count). The zero-order valence-electron chi connectivity index (χ0n) is 13.5. The van der Waals surface area contributed by atoms with E-state index >= 15 is 0 Å². The molecule has 0 bridgehead atoms. The Hall–Kier alpha value is -3.00. The Bertz CT molecular complexity index is 993. The Morgan fingerprint density at radius 1 is 1.24 bits per heavy atom. The Balaban J connectivity index is 1.60. The van der Waals surface area contributed by atoms with Crippen LogP contribution in [-0.2, 0) is 11.3 Å². The van der Waals surface area contributed by atoms with Crippen LogP contribution in [0.4, 0.5) is 0 Å². The van der Waals surface area contributed by atoms with Crippen molar-refractivity contribution in [2.75, 3.05) is 6.54 Å². The lowest BCUT2D eigenvalue weighted by atomic mass is 10.1. The number of aromatic amines is 1. The van der Waals surface area contributed by atoms with E-state index in [0.717, 1.165) is 10.7 Å². The summed E-state index contributed by atoms with van der Waals surface area (Å²) in [4.78, 5) is 43.5. The van der Waals surface area contributed by atoms with Crippen molar-refractivity contribution in [3.05, 3.63) is 62.3 Å². The average Bonchev–Trinajstić information content (AvgIpc) is 3.04. The predicted molar refractivity (Wildman–Crippen MR) is 95.6 cm³/mol. The van der Waals surface area contributed by atoms with Crippen molar-refractivity contribution in [3.8, 4) is 0 Å². The Kier molecular flexibility index (Phi) is 4.90. The molecule has 25 heavy (non-hydrogen) atoms. The van der Waals surface area contributed by atoms with Gasteiger partial charge in [-0.2, -0.15) is 0 Å². The summed E-state index contributed by atoms with van der Waals surface area (Å²) in [6.45, 7) is 1.97. The van der Waals surface area contributed by atoms with Crippen LogP contribution in [0.3, 0.4) is 0 Å². The summed E-state index contributed by atoms with van der Waals surface area (Å²) in [6, 6.07) is 6.93. The maximum atomic E-state index is 12.3. The van der Waals surface area contributed by atoms with Gasteiger partial charge in [0.2, 0.25) is 11.3 Å². The van der Waals surface area contributed by atoms with E-state index in [1.165, 1.54) is 17.5 Å². The molecule has 1 aromatic carbocycles. The first-order chi connectivity index (χ1) is 12.0. The molecule has 2 heterocycles. The zero-order valence-corrected chi connectivity index (χ0v) is 14.3. The van der Waals surface area contributed by atoms with Crippen LogP contribution in [0, 0.1) is 6.92 Å². The molecule has 2 amide bonds. The molecule has 8 heteroatoms. The molecule has 0 atom stereocenters. The van der Waals surface area contributed by atoms with Crippen molar-refractivity contribution in [3.63, 3.8) is 0 Å². The SMILES string of the molecule is Cc1csc(CNC(=O)CNC(=O)c2c[nH]c3ccccc3c2=O)n1. The first-order valence-electron chi connectivity index (χ1n) is 7.61. The fourth-order valence-corrected chi connectivity index (χ4v) is 3.02. The largest absolute Gasteiger partial charge is 0.360 e. The minimum absolute atomic E-state index is 0.0259. The fraction of sp³-hybridized carbons (Fsp3) is 0.176. The Morgan fingerprint density at radius 2 is 2.04 bits per heavy atom. The highest BCUT2D eigenvalue weighted by molar-refractivity contribution is 7.09. The number of nitrogens with one attached hydrogen (secondary N) is 3. The van der Waals surface area contributed by atoms with Crippen LogP contribution in [0.1, 0.15) is 21.1 Å². The van der Waals surface area contributed by atoms with Crippen molar-refractivity contribution >= 4 is 34.1 Å². The summed E-state index contributed by atoms with van der Waals surface area (Å²) in [6.07, 6.45) is 1.36. The monoisotopic (exact) mass is 356 g/mol. The molecular formula is C17H16N4O3S. The number of rotatable bonds is 5. The van der Waals surface area contributed by atoms with Gasteiger partial charge in [0.25, 0.3) is 5.91 Å². The highest BCUT2D eigenvalue weighted by Gasteiger charge is 2.14. The standard InChI is InChI=1S/C17H16N4O3S/c1-10-9-25-15(21-10)8-19-14(22)7-20-17(24)12-6-18-13-5-3-2-4-11(13)16(12)23/h2-6,9H,7-8H2,1H3,(H,18,23)(H,19,22)(H,20,24). The van der Waals surface area contributed by atoms with Gasteiger partial charge in [-0.25, -0.2) is 4.98 Å². The molecule has 0 aliphatic heterocycles. The summed E-state index contributed by atoms with van der Waals surface area (Å²) >= 11 is 1.46. The first-order valence-corrected chi connectivity index (χ1v) is 8.49. The van der Waals surface area contributed by atoms with Crippen LogP contribution in [0.2, 0.25) is 0 Å². The first kappa shape index (κ1) is 16.8. The number of thiazole rings is 1. The molecule has 7 nitrogen and oxygen atoms in total. The predicted octanol–water partition coefficient (Wildman–Crippen LogP) is 1.34. The van der Waals surface area contributed by atoms with Crippen LogP contribution in [0.5, 0.6) is 0 Å². The molecule has 0 aliphatic rings. The van der Waals surface area contributed by atoms with Crippen LogP contribution < -0.4 is 16.1 Å². The highest BCUT2D eigenvalue weighted by atomic mass is 32.1. The number of benzene rings is 1. The molecule has 2 aromatic heterocycles. The van der Waals surface area contributed by atoms with Gasteiger partial charge in [-0.05, 0) is 19.1 Å². The normalized spacial score (nSPS) is 10.6. The van der Waals surface area contributed by atoms with E-state index in [9.17, 15) is 14.4 Å². The number of carbonyl (C=O) groups excluding carboxylic acids is 2. The summed E-state index contributed by atoms with van der Waals surface area (Å²) in [5.74, 6) is -0.939. The van der Waals surface area contributed by atoms with E-state index < -0.39 is 5.91 Å². The van der Waals surface area contributed by atoms with Gasteiger partial charge in [0.05, 0.1) is 13.1 Å². The van der Waals surface area contributed by atoms with Crippen molar-refractivity contribution in [1.29, 1.82) is 0 Å². The molecular weight excluding hydrogens is 340 g/mol. The van der Waals surface area contributed by atoms with E-state index in [1.807, 2.05) is 12.3 Å². The number of pyridine rings is 1. The van der Waals surface area contributed by atoms with Gasteiger partial charge in [0.15, 0.2) is 0 Å². The number of fused-ring (bicyclic) bond motifs is 1. The lowest BCUT2D eigenvalue weighted by Gasteiger charge is -2.06. The van der Waals surface area contributed by atoms with Gasteiger partial charge >= 0.3 is 0 Å². The summed E-state index contributed by atoms with van der Waals surface area (Å²) in [5.41, 5.74) is 1.16. The Morgan fingerprint density at radius 3 is 2.80 bits per heavy atom. The number of nitrogens with zero attached hydrogens (tertiary/aromatic N) is 1. The molecule has 0 fully saturated rings. The van der Waals surface area contributed by atoms with Crippen LogP contribution in [0.25, 0.3) is 10.9 Å². The molecule has 3 N–H and O–H groups in total. The smallest absolute Gasteiger partial charge is 0.257 e. The molecule has 0 radical (unpaired) electrons. The molecule has 0 spiro atoms. The topological polar surface area (TPSA) is 104 Å². The van der Waals surface area contributed by atoms with Crippen LogP contribution in [-0.4, -0.2) is 28.3 Å². The van der Waals surface area contributed by atoms with E-state index in [4.69, 9.17) is 0 Å². The van der Waals surface area contributed by atoms with Gasteiger partial charge < -0.3 is 15.6 Å². The molecule has 0 saturated carbocycles. The number of hydrogen-bond acceptors (Lipinski definition) is 5. The van der Waals surface area contributed by atoms with Gasteiger partial charge in [0, 0.05) is 28.2 Å². The number of para-hydroxylation sites is 1. The molecule has 0 unspecified atom stereocenters. The van der Waals surface area contributed by atoms with Gasteiger partial charge in [-0.1, -0.05) is 12.1 Å². The number of amides is 2. The molecule has 0 saturated heterocycles. The van der Waals surface area contributed by atoms with E-state index in [2.05, 4.69) is 20.6 Å². The second kappa shape index (κ2) is 7.27. The maximum absolute atomic E-state index is 12.3. The van der Waals surface area contributed by atoms with E-state index in [-0.39, 0.29) is 23.4 Å². The summed E-state index contributed by atoms with van der Waals surface area (Å²) in [5, 5.41) is 8.25. The molecule has 128 valence electrons. The van der Waals surface area contributed by atoms with Crippen molar-refractivity contribution in [2.45, 2.75) is 13.5 Å². The third-order valence-electron chi connectivity index (χ3n) is 3.55.